The van der Waals surface area contributed by atoms with E-state index in [-0.39, 0.29) is 31.8 Å². The summed E-state index contributed by atoms with van der Waals surface area (Å²) in [5, 5.41) is 13.2. The lowest BCUT2D eigenvalue weighted by Gasteiger charge is -2.28. The Morgan fingerprint density at radius 1 is 1.12 bits per heavy atom. The van der Waals surface area contributed by atoms with Crippen molar-refractivity contribution >= 4 is 28.4 Å². The zero-order valence-electron chi connectivity index (χ0n) is 19.6. The molecular weight excluding hydrogens is 434 g/mol. The van der Waals surface area contributed by atoms with Crippen molar-refractivity contribution in [1.29, 1.82) is 0 Å². The van der Waals surface area contributed by atoms with Gasteiger partial charge in [-0.1, -0.05) is 6.07 Å². The first-order chi connectivity index (χ1) is 16.2. The molecule has 0 bridgehead atoms. The number of amides is 2. The SMILES string of the molecule is CN(CCO)C(=O)C(C)(C)c1cc2cc(NC(=O)C3(c4ccc5c(c4)OCO5)CC3)ccc2[nH]1. The van der Waals surface area contributed by atoms with Crippen molar-refractivity contribution in [1.82, 2.24) is 9.88 Å². The normalized spacial score (nSPS) is 15.9. The van der Waals surface area contributed by atoms with Crippen molar-refractivity contribution in [2.75, 3.05) is 32.3 Å². The minimum atomic E-state index is -0.788. The zero-order chi connectivity index (χ0) is 24.1. The van der Waals surface area contributed by atoms with E-state index >= 15 is 0 Å². The Kier molecular flexibility index (Phi) is 5.28. The molecule has 0 spiro atoms. The van der Waals surface area contributed by atoms with Crippen LogP contribution in [0.2, 0.25) is 0 Å². The average molecular weight is 464 g/mol. The number of anilines is 1. The predicted octanol–water partition coefficient (Wildman–Crippen LogP) is 3.30. The molecule has 1 fully saturated rings. The second-order valence-corrected chi connectivity index (χ2v) is 9.66. The molecule has 0 unspecified atom stereocenters. The van der Waals surface area contributed by atoms with Crippen LogP contribution in [0.5, 0.6) is 11.5 Å². The number of carbonyl (C=O) groups is 2. The standard InChI is InChI=1S/C26H29N3O5/c1-25(2,24(32)29(3)10-11-30)22-13-16-12-18(5-6-19(16)28-22)27-23(31)26(8-9-26)17-4-7-20-21(14-17)34-15-33-20/h4-7,12-14,28,30H,8-11,15H2,1-3H3,(H,27,31). The van der Waals surface area contributed by atoms with Gasteiger partial charge in [0.15, 0.2) is 11.5 Å². The van der Waals surface area contributed by atoms with Crippen LogP contribution in [-0.4, -0.2) is 53.8 Å². The first-order valence-corrected chi connectivity index (χ1v) is 11.5. The third-order valence-corrected chi connectivity index (χ3v) is 6.98. The fourth-order valence-corrected chi connectivity index (χ4v) is 4.61. The summed E-state index contributed by atoms with van der Waals surface area (Å²) in [7, 11) is 1.68. The summed E-state index contributed by atoms with van der Waals surface area (Å²) in [6.45, 7) is 4.13. The van der Waals surface area contributed by atoms with Crippen LogP contribution in [0.1, 0.15) is 37.9 Å². The van der Waals surface area contributed by atoms with Crippen molar-refractivity contribution in [3.05, 3.63) is 53.7 Å². The van der Waals surface area contributed by atoms with Gasteiger partial charge < -0.3 is 29.8 Å². The van der Waals surface area contributed by atoms with Gasteiger partial charge in [-0.15, -0.1) is 0 Å². The Balaban J connectivity index is 1.36. The van der Waals surface area contributed by atoms with E-state index in [0.29, 0.717) is 17.2 Å². The van der Waals surface area contributed by atoms with Crippen LogP contribution in [0.4, 0.5) is 5.69 Å². The van der Waals surface area contributed by atoms with Crippen LogP contribution in [0.15, 0.2) is 42.5 Å². The third kappa shape index (κ3) is 3.68. The maximum atomic E-state index is 13.3. The number of aromatic amines is 1. The molecule has 3 N–H and O–H groups in total. The first-order valence-electron chi connectivity index (χ1n) is 11.5. The Morgan fingerprint density at radius 2 is 1.88 bits per heavy atom. The third-order valence-electron chi connectivity index (χ3n) is 6.98. The van der Waals surface area contributed by atoms with Crippen LogP contribution in [-0.2, 0) is 20.4 Å². The summed E-state index contributed by atoms with van der Waals surface area (Å²) in [5.41, 5.74) is 1.97. The Morgan fingerprint density at radius 3 is 2.62 bits per heavy atom. The van der Waals surface area contributed by atoms with Crippen molar-refractivity contribution in [3.8, 4) is 11.5 Å². The van der Waals surface area contributed by atoms with Crippen molar-refractivity contribution < 1.29 is 24.2 Å². The molecular formula is C26H29N3O5. The zero-order valence-corrected chi connectivity index (χ0v) is 19.6. The van der Waals surface area contributed by atoms with Crippen molar-refractivity contribution in [2.45, 2.75) is 37.5 Å². The number of rotatable bonds is 7. The lowest BCUT2D eigenvalue weighted by molar-refractivity contribution is -0.135. The Bertz CT molecular complexity index is 1270. The number of carbonyl (C=O) groups excluding carboxylic acids is 2. The molecule has 1 saturated carbocycles. The number of aromatic nitrogens is 1. The van der Waals surface area contributed by atoms with E-state index in [9.17, 15) is 9.59 Å². The van der Waals surface area contributed by atoms with Crippen LogP contribution >= 0.6 is 0 Å². The largest absolute Gasteiger partial charge is 0.454 e. The molecule has 2 aliphatic rings. The summed E-state index contributed by atoms with van der Waals surface area (Å²) in [4.78, 5) is 31.0. The maximum Gasteiger partial charge on any atom is 0.235 e. The highest BCUT2D eigenvalue weighted by Gasteiger charge is 2.51. The molecule has 1 aliphatic heterocycles. The number of hydrogen-bond donors (Lipinski definition) is 3. The summed E-state index contributed by atoms with van der Waals surface area (Å²) in [5.74, 6) is 1.26. The number of nitrogens with one attached hydrogen (secondary N) is 2. The van der Waals surface area contributed by atoms with Gasteiger partial charge in [0.25, 0.3) is 0 Å². The number of aliphatic hydroxyl groups excluding tert-OH is 1. The van der Waals surface area contributed by atoms with E-state index in [1.807, 2.05) is 56.3 Å². The molecule has 0 radical (unpaired) electrons. The molecule has 5 rings (SSSR count). The molecule has 1 aromatic heterocycles. The molecule has 2 aromatic carbocycles. The lowest BCUT2D eigenvalue weighted by atomic mass is 9.87. The second kappa shape index (κ2) is 8.06. The summed E-state index contributed by atoms with van der Waals surface area (Å²) >= 11 is 0. The first kappa shape index (κ1) is 22.3. The van der Waals surface area contributed by atoms with E-state index in [4.69, 9.17) is 14.6 Å². The molecule has 2 amide bonds. The molecule has 2 heterocycles. The number of hydrogen-bond acceptors (Lipinski definition) is 5. The number of aliphatic hydroxyl groups is 1. The lowest BCUT2D eigenvalue weighted by Crippen LogP contribution is -2.42. The predicted molar refractivity (Wildman–Crippen MR) is 128 cm³/mol. The van der Waals surface area contributed by atoms with Gasteiger partial charge in [0, 0.05) is 35.9 Å². The number of H-pyrrole nitrogens is 1. The van der Waals surface area contributed by atoms with Crippen molar-refractivity contribution in [3.63, 3.8) is 0 Å². The van der Waals surface area contributed by atoms with E-state index in [0.717, 1.165) is 35.0 Å². The Hall–Kier alpha value is -3.52. The van der Waals surface area contributed by atoms with Crippen LogP contribution in [0, 0.1) is 0 Å². The Labute approximate surface area is 197 Å². The highest BCUT2D eigenvalue weighted by molar-refractivity contribution is 6.02. The number of likely N-dealkylation sites (N-methyl/N-ethyl adjacent to an activating group) is 1. The fraction of sp³-hybridized carbons (Fsp3) is 0.385. The molecule has 0 saturated heterocycles. The van der Waals surface area contributed by atoms with Crippen LogP contribution in [0.3, 0.4) is 0 Å². The van der Waals surface area contributed by atoms with Gasteiger partial charge in [0.2, 0.25) is 18.6 Å². The molecule has 1 aliphatic carbocycles. The van der Waals surface area contributed by atoms with Gasteiger partial charge in [0.05, 0.1) is 17.4 Å². The molecule has 34 heavy (non-hydrogen) atoms. The highest BCUT2D eigenvalue weighted by Crippen LogP contribution is 2.51. The van der Waals surface area contributed by atoms with Gasteiger partial charge in [0.1, 0.15) is 0 Å². The maximum absolute atomic E-state index is 13.3. The van der Waals surface area contributed by atoms with E-state index in [1.54, 1.807) is 7.05 Å². The summed E-state index contributed by atoms with van der Waals surface area (Å²) < 4.78 is 10.9. The van der Waals surface area contributed by atoms with Gasteiger partial charge in [-0.3, -0.25) is 9.59 Å². The second-order valence-electron chi connectivity index (χ2n) is 9.66. The molecule has 8 heteroatoms. The molecule has 178 valence electrons. The molecule has 3 aromatic rings. The minimum Gasteiger partial charge on any atom is -0.454 e. The average Bonchev–Trinajstić information content (AvgIpc) is 3.30. The van der Waals surface area contributed by atoms with Gasteiger partial charge in [-0.2, -0.15) is 0 Å². The number of fused-ring (bicyclic) bond motifs is 2. The van der Waals surface area contributed by atoms with Gasteiger partial charge in [-0.25, -0.2) is 0 Å². The van der Waals surface area contributed by atoms with Crippen molar-refractivity contribution in [2.24, 2.45) is 0 Å². The summed E-state index contributed by atoms with van der Waals surface area (Å²) in [6.07, 6.45) is 1.57. The van der Waals surface area contributed by atoms with E-state index in [1.165, 1.54) is 4.90 Å². The number of ether oxygens (including phenoxy) is 2. The van der Waals surface area contributed by atoms with Crippen LogP contribution < -0.4 is 14.8 Å². The topological polar surface area (TPSA) is 104 Å². The summed E-state index contributed by atoms with van der Waals surface area (Å²) in [6, 6.07) is 13.3. The van der Waals surface area contributed by atoms with Crippen LogP contribution in [0.25, 0.3) is 10.9 Å². The minimum absolute atomic E-state index is 0.0392. The highest BCUT2D eigenvalue weighted by atomic mass is 16.7. The van der Waals surface area contributed by atoms with Gasteiger partial charge >= 0.3 is 0 Å². The van der Waals surface area contributed by atoms with E-state index in [2.05, 4.69) is 10.3 Å². The monoisotopic (exact) mass is 463 g/mol. The number of benzene rings is 2. The molecule has 0 atom stereocenters. The quantitative estimate of drug-likeness (QED) is 0.499. The fourth-order valence-electron chi connectivity index (χ4n) is 4.61. The smallest absolute Gasteiger partial charge is 0.235 e. The number of nitrogens with zero attached hydrogens (tertiary/aromatic N) is 1. The molecule has 8 nitrogen and oxygen atoms in total. The van der Waals surface area contributed by atoms with Gasteiger partial charge in [-0.05, 0) is 68.7 Å². The van der Waals surface area contributed by atoms with E-state index < -0.39 is 10.8 Å².